The average molecular weight is 670 g/mol. The Balaban J connectivity index is 1.03. The van der Waals surface area contributed by atoms with Crippen molar-refractivity contribution in [1.82, 2.24) is 23.7 Å². The first-order valence-electron chi connectivity index (χ1n) is 15.6. The number of alkyl halides is 3. The number of rotatable bonds is 10. The van der Waals surface area contributed by atoms with E-state index >= 15 is 0 Å². The largest absolute Gasteiger partial charge is 0.393 e. The van der Waals surface area contributed by atoms with Gasteiger partial charge in [-0.1, -0.05) is 12.6 Å². The number of thiophene rings is 1. The van der Waals surface area contributed by atoms with Gasteiger partial charge in [0.05, 0.1) is 11.8 Å². The van der Waals surface area contributed by atoms with Crippen molar-refractivity contribution in [2.75, 3.05) is 31.5 Å². The summed E-state index contributed by atoms with van der Waals surface area (Å²) in [6, 6.07) is 12.5. The number of nitrogens with zero attached hydrogens (tertiary/aromatic N) is 6. The molecule has 2 saturated heterocycles. The second-order valence-corrected chi connectivity index (χ2v) is 15.7. The summed E-state index contributed by atoms with van der Waals surface area (Å²) in [4.78, 5) is 11.7. The maximum Gasteiger partial charge on any atom is 0.393 e. The molecule has 244 valence electrons. The molecule has 0 saturated carbocycles. The first-order valence-corrected chi connectivity index (χ1v) is 18.1. The molecule has 2 fully saturated rings. The number of hydrogen-bond donors (Lipinski definition) is 1. The van der Waals surface area contributed by atoms with Crippen molar-refractivity contribution < 1.29 is 17.4 Å². The number of nitriles is 1. The molecule has 8 nitrogen and oxygen atoms in total. The molecule has 0 spiro atoms. The molecule has 13 heteroatoms. The van der Waals surface area contributed by atoms with Crippen LogP contribution in [-0.4, -0.2) is 72.2 Å². The molecule has 2 aliphatic heterocycles. The summed E-state index contributed by atoms with van der Waals surface area (Å²) >= 11 is 1.06. The van der Waals surface area contributed by atoms with E-state index in [1.165, 1.54) is 17.3 Å². The van der Waals surface area contributed by atoms with Crippen LogP contribution in [0.5, 0.6) is 0 Å². The molecule has 1 N–H and O–H groups in total. The van der Waals surface area contributed by atoms with Crippen LogP contribution in [0, 0.1) is 17.2 Å². The van der Waals surface area contributed by atoms with E-state index in [1.807, 2.05) is 10.4 Å². The van der Waals surface area contributed by atoms with Crippen molar-refractivity contribution in [2.24, 2.45) is 5.92 Å². The summed E-state index contributed by atoms with van der Waals surface area (Å²) in [6.07, 6.45) is 0.848. The van der Waals surface area contributed by atoms with E-state index < -0.39 is 22.3 Å². The van der Waals surface area contributed by atoms with Crippen molar-refractivity contribution in [1.29, 1.82) is 5.26 Å². The molecule has 6 rings (SSSR count). The predicted octanol–water partition coefficient (Wildman–Crippen LogP) is 6.58. The van der Waals surface area contributed by atoms with E-state index in [1.54, 1.807) is 6.07 Å². The van der Waals surface area contributed by atoms with Crippen LogP contribution in [0.2, 0.25) is 0 Å². The zero-order valence-electron chi connectivity index (χ0n) is 25.6. The summed E-state index contributed by atoms with van der Waals surface area (Å²) in [5.74, 6) is 4.92. The molecular formula is C33H38F3N7OS2. The van der Waals surface area contributed by atoms with E-state index in [0.29, 0.717) is 27.6 Å². The summed E-state index contributed by atoms with van der Waals surface area (Å²) in [7, 11) is -2.38. The number of aryl methyl sites for hydroxylation is 1. The molecule has 46 heavy (non-hydrogen) atoms. The van der Waals surface area contributed by atoms with E-state index in [4.69, 9.17) is 0 Å². The number of aromatic nitrogens is 3. The van der Waals surface area contributed by atoms with Crippen molar-refractivity contribution in [3.8, 4) is 6.07 Å². The number of halogens is 3. The fourth-order valence-electron chi connectivity index (χ4n) is 6.67. The fourth-order valence-corrected chi connectivity index (χ4v) is 8.73. The first kappa shape index (κ1) is 32.5. The molecule has 1 unspecified atom stereocenters. The van der Waals surface area contributed by atoms with Gasteiger partial charge in [-0.25, -0.2) is 18.5 Å². The maximum absolute atomic E-state index is 12.9. The second kappa shape index (κ2) is 13.4. The van der Waals surface area contributed by atoms with Crippen molar-refractivity contribution in [3.63, 3.8) is 0 Å². The van der Waals surface area contributed by atoms with E-state index in [9.17, 15) is 22.6 Å². The normalized spacial score (nSPS) is 18.9. The number of fused-ring (bicyclic) bond motifs is 2. The predicted molar refractivity (Wildman–Crippen MR) is 180 cm³/mol. The second-order valence-electron chi connectivity index (χ2n) is 12.3. The zero-order chi connectivity index (χ0) is 32.5. The summed E-state index contributed by atoms with van der Waals surface area (Å²) in [5.41, 5.74) is 2.93. The van der Waals surface area contributed by atoms with Gasteiger partial charge in [-0.3, -0.25) is 4.90 Å². The molecule has 3 aromatic heterocycles. The molecule has 0 amide bonds. The standard InChI is InChI=1S/C33H38F3N7OS2/c1-3-46(2,44)42-13-6-23(7-14-42)8-15-43-27(20-37)17-25-16-24(4-5-30(25)43)21-41-11-9-26(10-12-41)40-31-29-18-28(19-33(34,35)36)45-32(29)39-22-38-31/h3-5,16-18,22-23,26H,1-2,6-15,19,21H2,(H,38,39,40). The zero-order valence-corrected chi connectivity index (χ0v) is 27.3. The minimum Gasteiger partial charge on any atom is -0.367 e. The van der Waals surface area contributed by atoms with Crippen LogP contribution in [0.4, 0.5) is 19.0 Å². The monoisotopic (exact) mass is 669 g/mol. The third-order valence-electron chi connectivity index (χ3n) is 9.20. The summed E-state index contributed by atoms with van der Waals surface area (Å²) in [5, 5.41) is 16.5. The van der Waals surface area contributed by atoms with Gasteiger partial charge in [-0.05, 0) is 73.7 Å². The quantitative estimate of drug-likeness (QED) is 0.192. The summed E-state index contributed by atoms with van der Waals surface area (Å²) < 4.78 is 55.3. The number of nitrogens with one attached hydrogen (secondary N) is 1. The first-order chi connectivity index (χ1) is 22.0. The Kier molecular flexibility index (Phi) is 9.43. The highest BCUT2D eigenvalue weighted by Gasteiger charge is 2.29. The number of benzene rings is 1. The Bertz CT molecular complexity index is 1860. The highest BCUT2D eigenvalue weighted by molar-refractivity contribution is 8.00. The maximum atomic E-state index is 12.9. The molecule has 4 aromatic rings. The van der Waals surface area contributed by atoms with Crippen LogP contribution in [-0.2, 0) is 29.2 Å². The van der Waals surface area contributed by atoms with Crippen molar-refractivity contribution >= 4 is 53.9 Å². The van der Waals surface area contributed by atoms with Gasteiger partial charge in [0.1, 0.15) is 28.7 Å². The lowest BCUT2D eigenvalue weighted by atomic mass is 9.94. The molecular weight excluding hydrogens is 632 g/mol. The van der Waals surface area contributed by atoms with Crippen molar-refractivity contribution in [2.45, 2.75) is 63.8 Å². The van der Waals surface area contributed by atoms with Gasteiger partial charge in [-0.2, -0.15) is 18.4 Å². The van der Waals surface area contributed by atoms with Gasteiger partial charge in [0.15, 0.2) is 0 Å². The molecule has 0 bridgehead atoms. The van der Waals surface area contributed by atoms with Gasteiger partial charge >= 0.3 is 6.18 Å². The Morgan fingerprint density at radius 3 is 2.57 bits per heavy atom. The van der Waals surface area contributed by atoms with Gasteiger partial charge in [0, 0.05) is 76.2 Å². The van der Waals surface area contributed by atoms with Gasteiger partial charge in [-0.15, -0.1) is 11.3 Å². The Labute approximate surface area is 271 Å². The smallest absolute Gasteiger partial charge is 0.367 e. The van der Waals surface area contributed by atoms with Crippen LogP contribution in [0.15, 0.2) is 48.6 Å². The van der Waals surface area contributed by atoms with Crippen LogP contribution < -0.4 is 5.32 Å². The highest BCUT2D eigenvalue weighted by Crippen LogP contribution is 2.33. The third kappa shape index (κ3) is 7.41. The number of likely N-dealkylation sites (tertiary alicyclic amines) is 1. The van der Waals surface area contributed by atoms with Crippen LogP contribution >= 0.6 is 11.3 Å². The van der Waals surface area contributed by atoms with E-state index in [0.717, 1.165) is 93.6 Å². The lowest BCUT2D eigenvalue weighted by Crippen LogP contribution is -2.38. The number of anilines is 1. The number of hydrogen-bond acceptors (Lipinski definition) is 7. The molecule has 1 aromatic carbocycles. The molecule has 1 atom stereocenters. The molecule has 0 aliphatic carbocycles. The van der Waals surface area contributed by atoms with E-state index in [2.05, 4.69) is 61.5 Å². The van der Waals surface area contributed by atoms with Crippen LogP contribution in [0.3, 0.4) is 0 Å². The molecule has 0 radical (unpaired) electrons. The van der Waals surface area contributed by atoms with E-state index in [-0.39, 0.29) is 10.9 Å². The summed E-state index contributed by atoms with van der Waals surface area (Å²) in [6.45, 7) is 8.50. The van der Waals surface area contributed by atoms with Crippen LogP contribution in [0.25, 0.3) is 21.1 Å². The average Bonchev–Trinajstić information content (AvgIpc) is 3.60. The fraction of sp³-hybridized carbons (Fsp3) is 0.455. The SMILES string of the molecule is C=CS(=C)(=O)N1CCC(CCn2c(C#N)cc3cc(CN4CCC(Nc5ncnc6sc(CC(F)(F)F)cc56)CC4)ccc32)CC1. The lowest BCUT2D eigenvalue weighted by Gasteiger charge is -2.33. The Morgan fingerprint density at radius 1 is 1.11 bits per heavy atom. The topological polar surface area (TPSA) is 90.1 Å². The number of piperidine rings is 2. The van der Waals surface area contributed by atoms with Crippen molar-refractivity contribution in [3.05, 3.63) is 64.8 Å². The lowest BCUT2D eigenvalue weighted by molar-refractivity contribution is -0.126. The minimum atomic E-state index is -4.26. The van der Waals surface area contributed by atoms with Crippen LogP contribution in [0.1, 0.15) is 48.2 Å². The Hall–Kier alpha value is -3.44. The highest BCUT2D eigenvalue weighted by atomic mass is 32.2. The van der Waals surface area contributed by atoms with Gasteiger partial charge in [0.25, 0.3) is 0 Å². The minimum absolute atomic E-state index is 0.173. The van der Waals surface area contributed by atoms with Gasteiger partial charge in [0.2, 0.25) is 0 Å². The molecule has 5 heterocycles. The third-order valence-corrected chi connectivity index (χ3v) is 12.0. The van der Waals surface area contributed by atoms with Gasteiger partial charge < -0.3 is 9.88 Å². The Morgan fingerprint density at radius 2 is 1.87 bits per heavy atom. The molecule has 2 aliphatic rings.